The summed E-state index contributed by atoms with van der Waals surface area (Å²) in [5, 5.41) is 8.87. The van der Waals surface area contributed by atoms with Gasteiger partial charge in [-0.25, -0.2) is 4.79 Å². The van der Waals surface area contributed by atoms with Crippen molar-refractivity contribution in [2.75, 3.05) is 5.32 Å². The van der Waals surface area contributed by atoms with E-state index in [2.05, 4.69) is 17.6 Å². The van der Waals surface area contributed by atoms with Gasteiger partial charge in [-0.05, 0) is 61.5 Å². The molecule has 1 aromatic rings. The summed E-state index contributed by atoms with van der Waals surface area (Å²) < 4.78 is 0. The lowest BCUT2D eigenvalue weighted by Crippen LogP contribution is -2.42. The van der Waals surface area contributed by atoms with Crippen molar-refractivity contribution in [2.45, 2.75) is 38.6 Å². The summed E-state index contributed by atoms with van der Waals surface area (Å²) in [6.07, 6.45) is 5.48. The van der Waals surface area contributed by atoms with Crippen molar-refractivity contribution in [3.63, 3.8) is 0 Å². The van der Waals surface area contributed by atoms with Crippen LogP contribution in [0.15, 0.2) is 17.5 Å². The second-order valence-electron chi connectivity index (χ2n) is 5.70. The first-order chi connectivity index (χ1) is 8.72. The molecular weight excluding hydrogens is 244 g/mol. The molecule has 2 amide bonds. The zero-order valence-electron chi connectivity index (χ0n) is 10.7. The summed E-state index contributed by atoms with van der Waals surface area (Å²) in [5.41, 5.74) is 0. The van der Waals surface area contributed by atoms with Crippen LogP contribution in [0.3, 0.4) is 0 Å². The molecule has 2 fully saturated rings. The fourth-order valence-electron chi connectivity index (χ4n) is 3.72. The molecule has 2 saturated carbocycles. The normalized spacial score (nSPS) is 31.3. The molecule has 2 N–H and O–H groups in total. The molecular formula is C14H20N2OS. The number of rotatable bonds is 3. The minimum atomic E-state index is -0.0623. The number of thiophene rings is 1. The van der Waals surface area contributed by atoms with Gasteiger partial charge in [0.25, 0.3) is 0 Å². The first kappa shape index (κ1) is 12.0. The van der Waals surface area contributed by atoms with Crippen LogP contribution in [0.4, 0.5) is 9.80 Å². The Bertz CT molecular complexity index is 417. The average Bonchev–Trinajstić information content (AvgIpc) is 3.04. The second-order valence-corrected chi connectivity index (χ2v) is 6.65. The second kappa shape index (κ2) is 4.92. The van der Waals surface area contributed by atoms with Gasteiger partial charge in [0, 0.05) is 6.04 Å². The van der Waals surface area contributed by atoms with Gasteiger partial charge in [-0.2, -0.15) is 0 Å². The molecule has 4 atom stereocenters. The lowest BCUT2D eigenvalue weighted by atomic mass is 9.84. The topological polar surface area (TPSA) is 41.1 Å². The van der Waals surface area contributed by atoms with E-state index in [0.29, 0.717) is 12.0 Å². The van der Waals surface area contributed by atoms with Crippen LogP contribution in [0.5, 0.6) is 0 Å². The third-order valence-electron chi connectivity index (χ3n) is 4.55. The summed E-state index contributed by atoms with van der Waals surface area (Å²) in [6.45, 7) is 2.15. The highest BCUT2D eigenvalue weighted by Gasteiger charge is 2.42. The number of carbonyl (C=O) groups is 1. The maximum absolute atomic E-state index is 11.9. The molecule has 2 aliphatic rings. The highest BCUT2D eigenvalue weighted by molar-refractivity contribution is 7.14. The SMILES string of the molecule is CC(NC(=O)Nc1cccs1)C1CC2CCC1C2. The zero-order chi connectivity index (χ0) is 12.5. The van der Waals surface area contributed by atoms with E-state index in [1.807, 2.05) is 17.5 Å². The van der Waals surface area contributed by atoms with Gasteiger partial charge < -0.3 is 5.32 Å². The largest absolute Gasteiger partial charge is 0.335 e. The van der Waals surface area contributed by atoms with Crippen molar-refractivity contribution in [3.05, 3.63) is 17.5 Å². The Balaban J connectivity index is 1.51. The van der Waals surface area contributed by atoms with Crippen LogP contribution in [0.2, 0.25) is 0 Å². The van der Waals surface area contributed by atoms with Crippen LogP contribution in [-0.4, -0.2) is 12.1 Å². The number of nitrogens with one attached hydrogen (secondary N) is 2. The van der Waals surface area contributed by atoms with Crippen molar-refractivity contribution in [2.24, 2.45) is 17.8 Å². The van der Waals surface area contributed by atoms with E-state index in [-0.39, 0.29) is 6.03 Å². The number of hydrogen-bond donors (Lipinski definition) is 2. The Kier molecular flexibility index (Phi) is 3.29. The van der Waals surface area contributed by atoms with Crippen molar-refractivity contribution < 1.29 is 4.79 Å². The highest BCUT2D eigenvalue weighted by atomic mass is 32.1. The summed E-state index contributed by atoms with van der Waals surface area (Å²) >= 11 is 1.55. The van der Waals surface area contributed by atoms with Gasteiger partial charge in [-0.15, -0.1) is 11.3 Å². The molecule has 2 bridgehead atoms. The van der Waals surface area contributed by atoms with Crippen LogP contribution < -0.4 is 10.6 Å². The number of fused-ring (bicyclic) bond motifs is 2. The first-order valence-corrected chi connectivity index (χ1v) is 7.71. The van der Waals surface area contributed by atoms with Gasteiger partial charge >= 0.3 is 6.03 Å². The van der Waals surface area contributed by atoms with E-state index in [9.17, 15) is 4.79 Å². The van der Waals surface area contributed by atoms with Gasteiger partial charge in [0.05, 0.1) is 5.00 Å². The van der Waals surface area contributed by atoms with E-state index in [1.165, 1.54) is 25.7 Å². The van der Waals surface area contributed by atoms with E-state index in [1.54, 1.807) is 11.3 Å². The monoisotopic (exact) mass is 264 g/mol. The number of anilines is 1. The van der Waals surface area contributed by atoms with E-state index in [4.69, 9.17) is 0 Å². The molecule has 0 radical (unpaired) electrons. The Hall–Kier alpha value is -1.03. The molecule has 4 unspecified atom stereocenters. The van der Waals surface area contributed by atoms with Crippen LogP contribution in [-0.2, 0) is 0 Å². The van der Waals surface area contributed by atoms with Crippen molar-refractivity contribution in [1.29, 1.82) is 0 Å². The standard InChI is InChI=1S/C14H20N2OS/c1-9(12-8-10-4-5-11(12)7-10)15-14(17)16-13-3-2-6-18-13/h2-3,6,9-12H,4-5,7-8H2,1H3,(H2,15,16,17). The Labute approximate surface area is 112 Å². The number of carbonyl (C=O) groups excluding carboxylic acids is 1. The van der Waals surface area contributed by atoms with E-state index >= 15 is 0 Å². The quantitative estimate of drug-likeness (QED) is 0.859. The molecule has 1 heterocycles. The molecule has 0 aromatic carbocycles. The smallest absolute Gasteiger partial charge is 0.320 e. The van der Waals surface area contributed by atoms with Gasteiger partial charge in [0.1, 0.15) is 0 Å². The van der Waals surface area contributed by atoms with Gasteiger partial charge in [-0.3, -0.25) is 5.32 Å². The number of urea groups is 1. The maximum Gasteiger partial charge on any atom is 0.320 e. The van der Waals surface area contributed by atoms with Gasteiger partial charge in [0.2, 0.25) is 0 Å². The lowest BCUT2D eigenvalue weighted by molar-refractivity contribution is 0.230. The molecule has 3 rings (SSSR count). The number of hydrogen-bond acceptors (Lipinski definition) is 2. The fraction of sp³-hybridized carbons (Fsp3) is 0.643. The van der Waals surface area contributed by atoms with E-state index < -0.39 is 0 Å². The molecule has 4 heteroatoms. The fourth-order valence-corrected chi connectivity index (χ4v) is 4.33. The summed E-state index contributed by atoms with van der Waals surface area (Å²) in [6, 6.07) is 4.10. The molecule has 0 aliphatic heterocycles. The average molecular weight is 264 g/mol. The maximum atomic E-state index is 11.9. The molecule has 0 saturated heterocycles. The minimum Gasteiger partial charge on any atom is -0.335 e. The molecule has 18 heavy (non-hydrogen) atoms. The Morgan fingerprint density at radius 2 is 2.33 bits per heavy atom. The van der Waals surface area contributed by atoms with Crippen LogP contribution in [0, 0.1) is 17.8 Å². The number of amides is 2. The highest BCUT2D eigenvalue weighted by Crippen LogP contribution is 2.49. The van der Waals surface area contributed by atoms with Crippen LogP contribution >= 0.6 is 11.3 Å². The lowest BCUT2D eigenvalue weighted by Gasteiger charge is -2.28. The molecule has 1 aromatic heterocycles. The Morgan fingerprint density at radius 3 is 2.94 bits per heavy atom. The van der Waals surface area contributed by atoms with Gasteiger partial charge in [-0.1, -0.05) is 6.42 Å². The Morgan fingerprint density at radius 1 is 1.44 bits per heavy atom. The predicted molar refractivity (Wildman–Crippen MR) is 74.9 cm³/mol. The van der Waals surface area contributed by atoms with Gasteiger partial charge in [0.15, 0.2) is 0 Å². The van der Waals surface area contributed by atoms with Crippen LogP contribution in [0.25, 0.3) is 0 Å². The first-order valence-electron chi connectivity index (χ1n) is 6.83. The third kappa shape index (κ3) is 2.39. The molecule has 2 aliphatic carbocycles. The molecule has 0 spiro atoms. The summed E-state index contributed by atoms with van der Waals surface area (Å²) in [7, 11) is 0. The summed E-state index contributed by atoms with van der Waals surface area (Å²) in [4.78, 5) is 11.9. The molecule has 98 valence electrons. The van der Waals surface area contributed by atoms with Crippen molar-refractivity contribution in [1.82, 2.24) is 5.32 Å². The zero-order valence-corrected chi connectivity index (χ0v) is 11.5. The predicted octanol–water partition coefficient (Wildman–Crippen LogP) is 3.69. The summed E-state index contributed by atoms with van der Waals surface area (Å²) in [5.74, 6) is 2.48. The minimum absolute atomic E-state index is 0.0623. The van der Waals surface area contributed by atoms with Crippen molar-refractivity contribution >= 4 is 22.4 Å². The third-order valence-corrected chi connectivity index (χ3v) is 5.34. The van der Waals surface area contributed by atoms with Crippen LogP contribution in [0.1, 0.15) is 32.6 Å². The van der Waals surface area contributed by atoms with E-state index in [0.717, 1.165) is 16.8 Å². The van der Waals surface area contributed by atoms with Crippen molar-refractivity contribution in [3.8, 4) is 0 Å². The molecule has 3 nitrogen and oxygen atoms in total.